The minimum atomic E-state index is 0.437. The second-order valence-corrected chi connectivity index (χ2v) is 6.48. The molecule has 2 rings (SSSR count). The number of nitrogens with one attached hydrogen (secondary N) is 2. The summed E-state index contributed by atoms with van der Waals surface area (Å²) >= 11 is 11.8. The van der Waals surface area contributed by atoms with Crippen LogP contribution in [0.15, 0.2) is 47.7 Å². The molecule has 0 atom stereocenters. The van der Waals surface area contributed by atoms with Crippen molar-refractivity contribution in [2.24, 2.45) is 4.99 Å². The van der Waals surface area contributed by atoms with Gasteiger partial charge in [0.15, 0.2) is 6.19 Å². The van der Waals surface area contributed by atoms with Crippen molar-refractivity contribution in [3.05, 3.63) is 52.8 Å². The predicted molar refractivity (Wildman–Crippen MR) is 109 cm³/mol. The van der Waals surface area contributed by atoms with Gasteiger partial charge in [0.2, 0.25) is 5.96 Å². The number of benzene rings is 1. The smallest absolute Gasteiger partial charge is 0.209 e. The molecule has 0 saturated carbocycles. The van der Waals surface area contributed by atoms with E-state index in [-0.39, 0.29) is 0 Å². The van der Waals surface area contributed by atoms with Crippen molar-refractivity contribution in [3.8, 4) is 11.9 Å². The number of guanidine groups is 1. The van der Waals surface area contributed by atoms with E-state index in [9.17, 15) is 0 Å². The Labute approximate surface area is 169 Å². The summed E-state index contributed by atoms with van der Waals surface area (Å²) in [5, 5.41) is 15.5. The fourth-order valence-corrected chi connectivity index (χ4v) is 2.54. The Morgan fingerprint density at radius 3 is 2.59 bits per heavy atom. The van der Waals surface area contributed by atoms with Gasteiger partial charge in [0, 0.05) is 25.0 Å². The van der Waals surface area contributed by atoms with Gasteiger partial charge in [0.25, 0.3) is 0 Å². The van der Waals surface area contributed by atoms with E-state index in [1.165, 1.54) is 0 Å². The fraction of sp³-hybridized carbons (Fsp3) is 0.316. The average molecular weight is 406 g/mol. The summed E-state index contributed by atoms with van der Waals surface area (Å²) in [6.45, 7) is 1.36. The third kappa shape index (κ3) is 8.16. The number of ether oxygens (including phenoxy) is 1. The van der Waals surface area contributed by atoms with Crippen LogP contribution in [-0.2, 0) is 0 Å². The van der Waals surface area contributed by atoms with Crippen LogP contribution >= 0.6 is 23.2 Å². The fourth-order valence-electron chi connectivity index (χ4n) is 2.26. The number of nitriles is 1. The van der Waals surface area contributed by atoms with Crippen LogP contribution in [0, 0.1) is 11.5 Å². The first-order chi connectivity index (χ1) is 13.2. The number of halogens is 2. The van der Waals surface area contributed by atoms with E-state index in [0.29, 0.717) is 22.6 Å². The van der Waals surface area contributed by atoms with Gasteiger partial charge in [0.05, 0.1) is 22.3 Å². The Morgan fingerprint density at radius 1 is 1.07 bits per heavy atom. The molecular weight excluding hydrogens is 385 g/mol. The molecule has 0 unspecified atom stereocenters. The molecule has 0 radical (unpaired) electrons. The molecule has 0 aliphatic rings. The summed E-state index contributed by atoms with van der Waals surface area (Å²) in [5.41, 5.74) is 0.731. The molecule has 1 aromatic heterocycles. The molecule has 6 nitrogen and oxygen atoms in total. The molecule has 142 valence electrons. The maximum Gasteiger partial charge on any atom is 0.209 e. The number of aliphatic imine (C=N–C) groups is 1. The highest BCUT2D eigenvalue weighted by Crippen LogP contribution is 2.26. The summed E-state index contributed by atoms with van der Waals surface area (Å²) in [5.74, 6) is 1.16. The van der Waals surface area contributed by atoms with Crippen molar-refractivity contribution in [1.29, 1.82) is 5.26 Å². The third-order valence-electron chi connectivity index (χ3n) is 3.60. The molecule has 0 amide bonds. The SMILES string of the molecule is N#CNC(=Nc1ccncc1)NCCCCCCOc1ccc(Cl)c(Cl)c1. The number of hydrogen-bond acceptors (Lipinski definition) is 4. The van der Waals surface area contributed by atoms with Crippen molar-refractivity contribution >= 4 is 34.8 Å². The highest BCUT2D eigenvalue weighted by atomic mass is 35.5. The lowest BCUT2D eigenvalue weighted by Crippen LogP contribution is -2.34. The van der Waals surface area contributed by atoms with E-state index in [2.05, 4.69) is 20.6 Å². The predicted octanol–water partition coefficient (Wildman–Crippen LogP) is 4.68. The number of hydrogen-bond donors (Lipinski definition) is 2. The summed E-state index contributed by atoms with van der Waals surface area (Å²) in [6, 6.07) is 8.80. The summed E-state index contributed by atoms with van der Waals surface area (Å²) in [6.07, 6.45) is 9.21. The molecule has 1 aromatic carbocycles. The summed E-state index contributed by atoms with van der Waals surface area (Å²) < 4.78 is 5.66. The molecule has 1 heterocycles. The van der Waals surface area contributed by atoms with Gasteiger partial charge in [-0.1, -0.05) is 36.0 Å². The van der Waals surface area contributed by atoms with Gasteiger partial charge < -0.3 is 10.1 Å². The monoisotopic (exact) mass is 405 g/mol. The number of rotatable bonds is 9. The standard InChI is InChI=1S/C19H21Cl2N5O/c20-17-6-5-16(13-18(17)21)27-12-4-2-1-3-9-24-19(25-14-22)26-15-7-10-23-11-8-15/h5-8,10-11,13H,1-4,9,12H2,(H2,23,24,25,26). The molecule has 0 aliphatic carbocycles. The molecule has 0 saturated heterocycles. The van der Waals surface area contributed by atoms with Crippen LogP contribution in [0.4, 0.5) is 5.69 Å². The van der Waals surface area contributed by atoms with E-state index in [4.69, 9.17) is 33.2 Å². The lowest BCUT2D eigenvalue weighted by atomic mass is 10.2. The first kappa shape index (κ1) is 20.8. The van der Waals surface area contributed by atoms with Crippen LogP contribution in [0.2, 0.25) is 10.0 Å². The highest BCUT2D eigenvalue weighted by molar-refractivity contribution is 6.42. The van der Waals surface area contributed by atoms with Crippen LogP contribution in [-0.4, -0.2) is 24.1 Å². The van der Waals surface area contributed by atoms with Gasteiger partial charge in [-0.05, 0) is 37.1 Å². The van der Waals surface area contributed by atoms with Gasteiger partial charge in [-0.3, -0.25) is 10.3 Å². The van der Waals surface area contributed by atoms with Gasteiger partial charge in [-0.25, -0.2) is 4.99 Å². The largest absolute Gasteiger partial charge is 0.494 e. The number of pyridine rings is 1. The topological polar surface area (TPSA) is 82.3 Å². The van der Waals surface area contributed by atoms with E-state index in [1.54, 1.807) is 36.7 Å². The Kier molecular flexibility index (Phi) is 9.25. The summed E-state index contributed by atoms with van der Waals surface area (Å²) in [4.78, 5) is 8.27. The van der Waals surface area contributed by atoms with Crippen molar-refractivity contribution in [2.45, 2.75) is 25.7 Å². The maximum atomic E-state index is 8.82. The quantitative estimate of drug-likeness (QED) is 0.208. The van der Waals surface area contributed by atoms with Crippen LogP contribution in [0.3, 0.4) is 0 Å². The van der Waals surface area contributed by atoms with Crippen LogP contribution in [0.5, 0.6) is 5.75 Å². The Morgan fingerprint density at radius 2 is 1.85 bits per heavy atom. The molecule has 2 N–H and O–H groups in total. The second-order valence-electron chi connectivity index (χ2n) is 5.67. The van der Waals surface area contributed by atoms with E-state index < -0.39 is 0 Å². The van der Waals surface area contributed by atoms with Gasteiger partial charge >= 0.3 is 0 Å². The minimum Gasteiger partial charge on any atom is -0.494 e. The average Bonchev–Trinajstić information content (AvgIpc) is 2.67. The van der Waals surface area contributed by atoms with Crippen LogP contribution < -0.4 is 15.4 Å². The Bertz CT molecular complexity index is 777. The molecule has 0 aliphatic heterocycles. The lowest BCUT2D eigenvalue weighted by Gasteiger charge is -2.09. The zero-order valence-corrected chi connectivity index (χ0v) is 16.3. The number of aromatic nitrogens is 1. The van der Waals surface area contributed by atoms with Crippen molar-refractivity contribution < 1.29 is 4.74 Å². The second kappa shape index (κ2) is 12.0. The normalized spacial score (nSPS) is 10.9. The first-order valence-electron chi connectivity index (χ1n) is 8.64. The highest BCUT2D eigenvalue weighted by Gasteiger charge is 2.01. The van der Waals surface area contributed by atoms with Crippen molar-refractivity contribution in [2.75, 3.05) is 13.2 Å². The van der Waals surface area contributed by atoms with Gasteiger partial charge in [0.1, 0.15) is 5.75 Å². The van der Waals surface area contributed by atoms with Gasteiger partial charge in [-0.2, -0.15) is 5.26 Å². The van der Waals surface area contributed by atoms with E-state index in [1.807, 2.05) is 12.3 Å². The number of nitrogens with zero attached hydrogens (tertiary/aromatic N) is 3. The maximum absolute atomic E-state index is 8.82. The van der Waals surface area contributed by atoms with E-state index >= 15 is 0 Å². The molecule has 27 heavy (non-hydrogen) atoms. The van der Waals surface area contributed by atoms with Gasteiger partial charge in [-0.15, -0.1) is 0 Å². The third-order valence-corrected chi connectivity index (χ3v) is 4.34. The molecule has 0 bridgehead atoms. The molecule has 0 spiro atoms. The Hall–Kier alpha value is -2.49. The molecule has 8 heteroatoms. The first-order valence-corrected chi connectivity index (χ1v) is 9.40. The van der Waals surface area contributed by atoms with Crippen LogP contribution in [0.1, 0.15) is 25.7 Å². The van der Waals surface area contributed by atoms with E-state index in [0.717, 1.165) is 43.7 Å². The minimum absolute atomic E-state index is 0.437. The molecule has 2 aromatic rings. The zero-order valence-electron chi connectivity index (χ0n) is 14.8. The Balaban J connectivity index is 1.59. The zero-order chi connectivity index (χ0) is 19.3. The molecule has 0 fully saturated rings. The summed E-state index contributed by atoms with van der Waals surface area (Å²) in [7, 11) is 0. The van der Waals surface area contributed by atoms with Crippen LogP contribution in [0.25, 0.3) is 0 Å². The number of unbranched alkanes of at least 4 members (excludes halogenated alkanes) is 3. The van der Waals surface area contributed by atoms with Crippen molar-refractivity contribution in [1.82, 2.24) is 15.6 Å². The molecular formula is C19H21Cl2N5O. The van der Waals surface area contributed by atoms with Crippen molar-refractivity contribution in [3.63, 3.8) is 0 Å². The lowest BCUT2D eigenvalue weighted by molar-refractivity contribution is 0.304.